The standard InChI is InChI=1S/C12H14N2/c1-14-8-11(7-13)12(9-14)10-5-3-2-4-6-10/h2-6,11-12H,8-9H2,1H3/t11-,12+/m1/s1. The zero-order valence-electron chi connectivity index (χ0n) is 8.35. The second kappa shape index (κ2) is 3.81. The van der Waals surface area contributed by atoms with Crippen LogP contribution in [0.1, 0.15) is 11.5 Å². The topological polar surface area (TPSA) is 27.0 Å². The molecule has 1 aromatic rings. The number of nitriles is 1. The van der Waals surface area contributed by atoms with E-state index in [2.05, 4.69) is 30.1 Å². The van der Waals surface area contributed by atoms with Crippen LogP contribution in [0.25, 0.3) is 0 Å². The quantitative estimate of drug-likeness (QED) is 0.669. The normalized spacial score (nSPS) is 27.4. The lowest BCUT2D eigenvalue weighted by molar-refractivity contribution is 0.406. The molecule has 2 rings (SSSR count). The molecule has 0 radical (unpaired) electrons. The largest absolute Gasteiger partial charge is 0.304 e. The summed E-state index contributed by atoms with van der Waals surface area (Å²) in [6.45, 7) is 1.90. The fraction of sp³-hybridized carbons (Fsp3) is 0.417. The first kappa shape index (κ1) is 9.23. The van der Waals surface area contributed by atoms with Gasteiger partial charge >= 0.3 is 0 Å². The molecule has 0 unspecified atom stereocenters. The van der Waals surface area contributed by atoms with Crippen LogP contribution in [0.15, 0.2) is 30.3 Å². The summed E-state index contributed by atoms with van der Waals surface area (Å²) in [5.74, 6) is 0.550. The van der Waals surface area contributed by atoms with Crippen molar-refractivity contribution in [3.05, 3.63) is 35.9 Å². The maximum Gasteiger partial charge on any atom is 0.0676 e. The molecular formula is C12H14N2. The van der Waals surface area contributed by atoms with E-state index in [-0.39, 0.29) is 5.92 Å². The van der Waals surface area contributed by atoms with Gasteiger partial charge in [0.1, 0.15) is 0 Å². The Morgan fingerprint density at radius 2 is 2.00 bits per heavy atom. The van der Waals surface area contributed by atoms with Crippen LogP contribution in [0, 0.1) is 17.2 Å². The second-order valence-corrected chi connectivity index (χ2v) is 3.97. The molecule has 0 aromatic heterocycles. The number of rotatable bonds is 1. The monoisotopic (exact) mass is 186 g/mol. The zero-order chi connectivity index (χ0) is 9.97. The van der Waals surface area contributed by atoms with Gasteiger partial charge in [0, 0.05) is 19.0 Å². The van der Waals surface area contributed by atoms with Gasteiger partial charge in [0.05, 0.1) is 12.0 Å². The van der Waals surface area contributed by atoms with E-state index in [4.69, 9.17) is 5.26 Å². The van der Waals surface area contributed by atoms with Crippen LogP contribution in [-0.2, 0) is 0 Å². The summed E-state index contributed by atoms with van der Waals surface area (Å²) in [7, 11) is 2.08. The number of likely N-dealkylation sites (tertiary alicyclic amines) is 1. The van der Waals surface area contributed by atoms with E-state index in [1.165, 1.54) is 5.56 Å². The Morgan fingerprint density at radius 3 is 2.64 bits per heavy atom. The molecule has 0 aliphatic carbocycles. The number of hydrogen-bond donors (Lipinski definition) is 0. The predicted molar refractivity (Wildman–Crippen MR) is 55.8 cm³/mol. The molecule has 2 heteroatoms. The summed E-state index contributed by atoms with van der Waals surface area (Å²) in [6, 6.07) is 12.7. The first-order chi connectivity index (χ1) is 6.81. The second-order valence-electron chi connectivity index (χ2n) is 3.97. The lowest BCUT2D eigenvalue weighted by Crippen LogP contribution is -2.13. The molecule has 0 spiro atoms. The molecule has 2 nitrogen and oxygen atoms in total. The molecule has 0 saturated carbocycles. The SMILES string of the molecule is CN1C[C@@H](C#N)[C@H](c2ccccc2)C1. The molecule has 1 saturated heterocycles. The van der Waals surface area contributed by atoms with E-state index >= 15 is 0 Å². The van der Waals surface area contributed by atoms with Gasteiger partial charge < -0.3 is 4.90 Å². The minimum absolute atomic E-state index is 0.155. The first-order valence-electron chi connectivity index (χ1n) is 4.94. The Bertz CT molecular complexity index is 339. The average Bonchev–Trinajstić information content (AvgIpc) is 2.61. The van der Waals surface area contributed by atoms with Crippen molar-refractivity contribution in [2.45, 2.75) is 5.92 Å². The zero-order valence-corrected chi connectivity index (χ0v) is 8.35. The van der Waals surface area contributed by atoms with Crippen molar-refractivity contribution in [2.24, 2.45) is 5.92 Å². The first-order valence-corrected chi connectivity index (χ1v) is 4.94. The van der Waals surface area contributed by atoms with Crippen molar-refractivity contribution >= 4 is 0 Å². The van der Waals surface area contributed by atoms with Crippen LogP contribution < -0.4 is 0 Å². The molecule has 14 heavy (non-hydrogen) atoms. The van der Waals surface area contributed by atoms with Crippen molar-refractivity contribution < 1.29 is 0 Å². The van der Waals surface area contributed by atoms with Crippen LogP contribution in [0.3, 0.4) is 0 Å². The van der Waals surface area contributed by atoms with Gasteiger partial charge in [-0.05, 0) is 12.6 Å². The van der Waals surface area contributed by atoms with Gasteiger partial charge in [-0.2, -0.15) is 5.26 Å². The van der Waals surface area contributed by atoms with Gasteiger partial charge in [-0.25, -0.2) is 0 Å². The highest BCUT2D eigenvalue weighted by molar-refractivity contribution is 5.24. The molecule has 72 valence electrons. The predicted octanol–water partition coefficient (Wildman–Crippen LogP) is 1.86. The summed E-state index contributed by atoms with van der Waals surface area (Å²) in [6.07, 6.45) is 0. The average molecular weight is 186 g/mol. The van der Waals surface area contributed by atoms with E-state index in [1.54, 1.807) is 0 Å². The maximum absolute atomic E-state index is 9.04. The fourth-order valence-corrected chi connectivity index (χ4v) is 2.17. The Hall–Kier alpha value is -1.33. The number of likely N-dealkylation sites (N-methyl/N-ethyl adjacent to an activating group) is 1. The molecule has 0 N–H and O–H groups in total. The molecule has 1 aliphatic heterocycles. The van der Waals surface area contributed by atoms with E-state index < -0.39 is 0 Å². The van der Waals surface area contributed by atoms with Crippen LogP contribution in [0.2, 0.25) is 0 Å². The van der Waals surface area contributed by atoms with Crippen LogP contribution in [0.4, 0.5) is 0 Å². The number of benzene rings is 1. The third-order valence-corrected chi connectivity index (χ3v) is 2.90. The summed E-state index contributed by atoms with van der Waals surface area (Å²) in [5.41, 5.74) is 1.29. The Balaban J connectivity index is 2.23. The molecule has 1 aliphatic rings. The van der Waals surface area contributed by atoms with Gasteiger partial charge in [-0.3, -0.25) is 0 Å². The molecule has 1 heterocycles. The minimum Gasteiger partial charge on any atom is -0.304 e. The smallest absolute Gasteiger partial charge is 0.0676 e. The third kappa shape index (κ3) is 1.64. The highest BCUT2D eigenvalue weighted by Crippen LogP contribution is 2.30. The molecule has 0 amide bonds. The van der Waals surface area contributed by atoms with Crippen molar-refractivity contribution in [1.82, 2.24) is 4.90 Å². The van der Waals surface area contributed by atoms with E-state index in [1.807, 2.05) is 18.2 Å². The minimum atomic E-state index is 0.155. The molecule has 1 fully saturated rings. The highest BCUT2D eigenvalue weighted by Gasteiger charge is 2.31. The van der Waals surface area contributed by atoms with Gasteiger partial charge in [0.15, 0.2) is 0 Å². The summed E-state index contributed by atoms with van der Waals surface area (Å²) >= 11 is 0. The van der Waals surface area contributed by atoms with Gasteiger partial charge in [0.25, 0.3) is 0 Å². The number of hydrogen-bond acceptors (Lipinski definition) is 2. The fourth-order valence-electron chi connectivity index (χ4n) is 2.17. The Labute approximate surface area is 84.8 Å². The summed E-state index contributed by atoms with van der Waals surface area (Å²) in [4.78, 5) is 2.23. The van der Waals surface area contributed by atoms with Crippen LogP contribution in [-0.4, -0.2) is 25.0 Å². The summed E-state index contributed by atoms with van der Waals surface area (Å²) in [5, 5.41) is 9.04. The van der Waals surface area contributed by atoms with Crippen LogP contribution in [0.5, 0.6) is 0 Å². The van der Waals surface area contributed by atoms with Crippen molar-refractivity contribution in [3.8, 4) is 6.07 Å². The van der Waals surface area contributed by atoms with Crippen molar-refractivity contribution in [2.75, 3.05) is 20.1 Å². The van der Waals surface area contributed by atoms with Gasteiger partial charge in [0.2, 0.25) is 0 Å². The van der Waals surface area contributed by atoms with E-state index in [0.29, 0.717) is 5.92 Å². The maximum atomic E-state index is 9.04. The lowest BCUT2D eigenvalue weighted by Gasteiger charge is -2.12. The van der Waals surface area contributed by atoms with Crippen molar-refractivity contribution in [3.63, 3.8) is 0 Å². The van der Waals surface area contributed by atoms with Gasteiger partial charge in [-0.15, -0.1) is 0 Å². The Kier molecular flexibility index (Phi) is 2.51. The van der Waals surface area contributed by atoms with Gasteiger partial charge in [-0.1, -0.05) is 30.3 Å². The molecule has 1 aromatic carbocycles. The third-order valence-electron chi connectivity index (χ3n) is 2.90. The van der Waals surface area contributed by atoms with E-state index in [9.17, 15) is 0 Å². The lowest BCUT2D eigenvalue weighted by atomic mass is 9.90. The van der Waals surface area contributed by atoms with Crippen LogP contribution >= 0.6 is 0 Å². The van der Waals surface area contributed by atoms with E-state index in [0.717, 1.165) is 13.1 Å². The molecule has 0 bridgehead atoms. The van der Waals surface area contributed by atoms with Crippen molar-refractivity contribution in [1.29, 1.82) is 5.26 Å². The summed E-state index contributed by atoms with van der Waals surface area (Å²) < 4.78 is 0. The molecule has 2 atom stereocenters. The number of nitrogens with zero attached hydrogens (tertiary/aromatic N) is 2. The highest BCUT2D eigenvalue weighted by atomic mass is 15.1. The molecular weight excluding hydrogens is 172 g/mol. The Morgan fingerprint density at radius 1 is 1.29 bits per heavy atom.